The predicted octanol–water partition coefficient (Wildman–Crippen LogP) is 5.19. The molecule has 0 fully saturated rings. The number of nitrogens with zero attached hydrogens (tertiary/aromatic N) is 3. The molecule has 0 bridgehead atoms. The van der Waals surface area contributed by atoms with Gasteiger partial charge in [0.1, 0.15) is 6.54 Å². The molecule has 0 spiro atoms. The maximum absolute atomic E-state index is 13.1. The van der Waals surface area contributed by atoms with Crippen molar-refractivity contribution >= 4 is 50.5 Å². The molecule has 2 heterocycles. The molecule has 0 N–H and O–H groups in total. The second kappa shape index (κ2) is 7.49. The van der Waals surface area contributed by atoms with E-state index in [4.69, 9.17) is 23.2 Å². The molecular weight excluding hydrogens is 429 g/mol. The standard InChI is InChI=1S/C21H21Cl2N3O2S/c1-21(2,3)11-4-6-14-17(8-11)29-19-18(14)20(28)26(25-24-19)10-16(27)13-7-5-12(22)9-15(13)23/h5,7,9,11H,4,6,8,10H2,1-3H3. The van der Waals surface area contributed by atoms with Gasteiger partial charge in [-0.3, -0.25) is 9.59 Å². The normalized spacial score (nSPS) is 16.8. The Morgan fingerprint density at radius 1 is 1.31 bits per heavy atom. The van der Waals surface area contributed by atoms with Crippen LogP contribution < -0.4 is 5.56 Å². The molecule has 152 valence electrons. The maximum Gasteiger partial charge on any atom is 0.279 e. The van der Waals surface area contributed by atoms with E-state index in [0.29, 0.717) is 26.7 Å². The number of carbonyl (C=O) groups is 1. The first-order valence-electron chi connectivity index (χ1n) is 9.51. The third-order valence-corrected chi connectivity index (χ3v) is 7.37. The lowest BCUT2D eigenvalue weighted by molar-refractivity contribution is 0.0965. The van der Waals surface area contributed by atoms with Crippen molar-refractivity contribution in [3.05, 3.63) is 54.6 Å². The van der Waals surface area contributed by atoms with Crippen LogP contribution in [0.15, 0.2) is 23.0 Å². The number of rotatable bonds is 3. The van der Waals surface area contributed by atoms with Gasteiger partial charge in [-0.2, -0.15) is 0 Å². The summed E-state index contributed by atoms with van der Waals surface area (Å²) in [5, 5.41) is 9.56. The predicted molar refractivity (Wildman–Crippen MR) is 117 cm³/mol. The molecule has 8 heteroatoms. The van der Waals surface area contributed by atoms with Crippen LogP contribution in [0.2, 0.25) is 10.0 Å². The summed E-state index contributed by atoms with van der Waals surface area (Å²) in [5.41, 5.74) is 1.35. The SMILES string of the molecule is CC(C)(C)C1CCc2c(sc3nnn(CC(=O)c4ccc(Cl)cc4Cl)c(=O)c23)C1. The maximum atomic E-state index is 13.1. The summed E-state index contributed by atoms with van der Waals surface area (Å²) in [7, 11) is 0. The molecule has 1 aromatic carbocycles. The minimum Gasteiger partial charge on any atom is -0.292 e. The first kappa shape index (κ1) is 20.5. The van der Waals surface area contributed by atoms with Gasteiger partial charge in [0.2, 0.25) is 0 Å². The topological polar surface area (TPSA) is 64.8 Å². The van der Waals surface area contributed by atoms with Gasteiger partial charge in [-0.1, -0.05) is 49.2 Å². The first-order chi connectivity index (χ1) is 13.6. The van der Waals surface area contributed by atoms with Crippen LogP contribution in [-0.2, 0) is 19.4 Å². The molecule has 1 atom stereocenters. The quantitative estimate of drug-likeness (QED) is 0.515. The number of benzene rings is 1. The molecule has 2 aromatic heterocycles. The molecule has 0 aliphatic heterocycles. The molecule has 0 amide bonds. The van der Waals surface area contributed by atoms with E-state index < -0.39 is 0 Å². The monoisotopic (exact) mass is 449 g/mol. The highest BCUT2D eigenvalue weighted by atomic mass is 35.5. The van der Waals surface area contributed by atoms with E-state index >= 15 is 0 Å². The summed E-state index contributed by atoms with van der Waals surface area (Å²) >= 11 is 13.6. The molecule has 0 radical (unpaired) electrons. The third kappa shape index (κ3) is 3.86. The fourth-order valence-corrected chi connectivity index (χ4v) is 5.66. The first-order valence-corrected chi connectivity index (χ1v) is 11.1. The molecule has 0 saturated carbocycles. The molecule has 1 aliphatic rings. The van der Waals surface area contributed by atoms with Gasteiger partial charge in [0.05, 0.1) is 10.4 Å². The van der Waals surface area contributed by atoms with E-state index in [1.165, 1.54) is 10.9 Å². The van der Waals surface area contributed by atoms with E-state index in [2.05, 4.69) is 31.1 Å². The van der Waals surface area contributed by atoms with Gasteiger partial charge >= 0.3 is 0 Å². The zero-order valence-corrected chi connectivity index (χ0v) is 18.8. The number of ketones is 1. The number of thiophene rings is 1. The van der Waals surface area contributed by atoms with Crippen LogP contribution >= 0.6 is 34.5 Å². The van der Waals surface area contributed by atoms with Crippen LogP contribution in [0.3, 0.4) is 0 Å². The van der Waals surface area contributed by atoms with E-state index in [1.807, 2.05) is 0 Å². The summed E-state index contributed by atoms with van der Waals surface area (Å²) in [6.45, 7) is 6.57. The van der Waals surface area contributed by atoms with Crippen LogP contribution in [0, 0.1) is 11.3 Å². The summed E-state index contributed by atoms with van der Waals surface area (Å²) < 4.78 is 1.14. The van der Waals surface area contributed by atoms with E-state index in [1.54, 1.807) is 23.5 Å². The lowest BCUT2D eigenvalue weighted by Gasteiger charge is -2.33. The lowest BCUT2D eigenvalue weighted by Crippen LogP contribution is -2.29. The number of aryl methyl sites for hydroxylation is 1. The Hall–Kier alpha value is -1.76. The molecule has 4 rings (SSSR count). The number of aromatic nitrogens is 3. The van der Waals surface area contributed by atoms with E-state index in [0.717, 1.165) is 29.5 Å². The number of carbonyl (C=O) groups excluding carboxylic acids is 1. The van der Waals surface area contributed by atoms with Crippen molar-refractivity contribution in [3.63, 3.8) is 0 Å². The van der Waals surface area contributed by atoms with Gasteiger partial charge in [-0.15, -0.1) is 16.4 Å². The number of fused-ring (bicyclic) bond motifs is 3. The van der Waals surface area contributed by atoms with E-state index in [9.17, 15) is 9.59 Å². The van der Waals surface area contributed by atoms with Crippen molar-refractivity contribution in [2.75, 3.05) is 0 Å². The second-order valence-electron chi connectivity index (χ2n) is 8.59. The summed E-state index contributed by atoms with van der Waals surface area (Å²) in [4.78, 5) is 27.6. The van der Waals surface area contributed by atoms with Gasteiger partial charge in [0, 0.05) is 15.5 Å². The average molecular weight is 450 g/mol. The minimum absolute atomic E-state index is 0.210. The van der Waals surface area contributed by atoms with Crippen molar-refractivity contribution in [1.29, 1.82) is 0 Å². The van der Waals surface area contributed by atoms with Gasteiger partial charge in [0.15, 0.2) is 10.6 Å². The molecule has 1 unspecified atom stereocenters. The zero-order valence-electron chi connectivity index (χ0n) is 16.5. The van der Waals surface area contributed by atoms with Crippen molar-refractivity contribution in [1.82, 2.24) is 15.0 Å². The Balaban J connectivity index is 1.68. The Morgan fingerprint density at radius 2 is 2.07 bits per heavy atom. The van der Waals surface area contributed by atoms with Gasteiger partial charge in [-0.05, 0) is 54.4 Å². The van der Waals surface area contributed by atoms with Crippen molar-refractivity contribution in [2.24, 2.45) is 11.3 Å². The van der Waals surface area contributed by atoms with Crippen molar-refractivity contribution in [2.45, 2.75) is 46.6 Å². The van der Waals surface area contributed by atoms with Crippen LogP contribution in [0.25, 0.3) is 10.2 Å². The average Bonchev–Trinajstić information content (AvgIpc) is 3.01. The van der Waals surface area contributed by atoms with Crippen molar-refractivity contribution < 1.29 is 4.79 Å². The molecule has 5 nitrogen and oxygen atoms in total. The second-order valence-corrected chi connectivity index (χ2v) is 10.5. The van der Waals surface area contributed by atoms with Gasteiger partial charge < -0.3 is 0 Å². The molecule has 0 saturated heterocycles. The van der Waals surface area contributed by atoms with Gasteiger partial charge in [-0.25, -0.2) is 4.68 Å². The van der Waals surface area contributed by atoms with Crippen LogP contribution in [0.1, 0.15) is 48.0 Å². The highest BCUT2D eigenvalue weighted by molar-refractivity contribution is 7.18. The fraction of sp³-hybridized carbons (Fsp3) is 0.429. The Labute approximate surface area is 182 Å². The molecular formula is C21H21Cl2N3O2S. The van der Waals surface area contributed by atoms with Crippen molar-refractivity contribution in [3.8, 4) is 0 Å². The largest absolute Gasteiger partial charge is 0.292 e. The lowest BCUT2D eigenvalue weighted by atomic mass is 9.72. The van der Waals surface area contributed by atoms with E-state index in [-0.39, 0.29) is 28.3 Å². The Bertz CT molecular complexity index is 1180. The highest BCUT2D eigenvalue weighted by Crippen LogP contribution is 2.41. The Morgan fingerprint density at radius 3 is 2.76 bits per heavy atom. The summed E-state index contributed by atoms with van der Waals surface area (Å²) in [6, 6.07) is 4.66. The number of halogens is 2. The van der Waals surface area contributed by atoms with Crippen LogP contribution in [0.5, 0.6) is 0 Å². The summed E-state index contributed by atoms with van der Waals surface area (Å²) in [5.74, 6) is 0.270. The smallest absolute Gasteiger partial charge is 0.279 e. The molecule has 3 aromatic rings. The van der Waals surface area contributed by atoms with Gasteiger partial charge in [0.25, 0.3) is 5.56 Å². The minimum atomic E-state index is -0.306. The van der Waals surface area contributed by atoms with Crippen LogP contribution in [-0.4, -0.2) is 20.8 Å². The summed E-state index contributed by atoms with van der Waals surface area (Å²) in [6.07, 6.45) is 2.86. The number of Topliss-reactive ketones (excluding diaryl/α,β-unsaturated/α-hetero) is 1. The third-order valence-electron chi connectivity index (χ3n) is 5.69. The molecule has 29 heavy (non-hydrogen) atoms. The number of hydrogen-bond acceptors (Lipinski definition) is 5. The number of hydrogen-bond donors (Lipinski definition) is 0. The Kier molecular flexibility index (Phi) is 5.30. The van der Waals surface area contributed by atoms with Crippen LogP contribution in [0.4, 0.5) is 0 Å². The zero-order chi connectivity index (χ0) is 20.9. The highest BCUT2D eigenvalue weighted by Gasteiger charge is 2.32. The molecule has 1 aliphatic carbocycles. The fourth-order valence-electron chi connectivity index (χ4n) is 3.91.